The number of amides is 2. The topological polar surface area (TPSA) is 57.6 Å². The summed E-state index contributed by atoms with van der Waals surface area (Å²) in [6.45, 7) is 3.61. The van der Waals surface area contributed by atoms with Gasteiger partial charge in [0.1, 0.15) is 0 Å². The van der Waals surface area contributed by atoms with Gasteiger partial charge in [-0.1, -0.05) is 6.92 Å². The molecular weight excluding hydrogens is 170 g/mol. The van der Waals surface area contributed by atoms with E-state index in [1.54, 1.807) is 6.92 Å². The Hall–Kier alpha value is -0.900. The molecule has 13 heavy (non-hydrogen) atoms. The van der Waals surface area contributed by atoms with Gasteiger partial charge in [-0.15, -0.1) is 0 Å². The summed E-state index contributed by atoms with van der Waals surface area (Å²) < 4.78 is 0. The summed E-state index contributed by atoms with van der Waals surface area (Å²) >= 11 is 0. The Morgan fingerprint density at radius 2 is 1.77 bits per heavy atom. The number of rotatable bonds is 3. The number of aliphatic hydroxyl groups is 1. The first kappa shape index (κ1) is 10.2. The second-order valence-electron chi connectivity index (χ2n) is 3.56. The van der Waals surface area contributed by atoms with Crippen molar-refractivity contribution in [3.63, 3.8) is 0 Å². The number of likely N-dealkylation sites (tertiary alicyclic amines) is 1. The maximum absolute atomic E-state index is 11.3. The highest BCUT2D eigenvalue weighted by atomic mass is 16.3. The lowest BCUT2D eigenvalue weighted by Crippen LogP contribution is -2.42. The molecule has 1 heterocycles. The third-order valence-corrected chi connectivity index (χ3v) is 2.61. The molecule has 1 aliphatic heterocycles. The van der Waals surface area contributed by atoms with Crippen molar-refractivity contribution in [1.29, 1.82) is 0 Å². The molecule has 0 bridgehead atoms. The molecule has 0 radical (unpaired) electrons. The highest BCUT2D eigenvalue weighted by Crippen LogP contribution is 2.19. The van der Waals surface area contributed by atoms with Crippen LogP contribution in [-0.2, 0) is 9.59 Å². The predicted molar refractivity (Wildman–Crippen MR) is 46.8 cm³/mol. The van der Waals surface area contributed by atoms with Crippen molar-refractivity contribution in [2.75, 3.05) is 6.61 Å². The summed E-state index contributed by atoms with van der Waals surface area (Å²) in [6.07, 6.45) is 0.642. The minimum Gasteiger partial charge on any atom is -0.396 e. The molecule has 1 saturated heterocycles. The number of imide groups is 1. The van der Waals surface area contributed by atoms with Gasteiger partial charge in [-0.25, -0.2) is 0 Å². The minimum absolute atomic E-state index is 0.00176. The molecule has 4 heteroatoms. The number of nitrogens with zero attached hydrogens (tertiary/aromatic N) is 1. The van der Waals surface area contributed by atoms with E-state index in [1.165, 1.54) is 4.90 Å². The van der Waals surface area contributed by atoms with E-state index in [4.69, 9.17) is 5.11 Å². The van der Waals surface area contributed by atoms with Crippen LogP contribution in [0.15, 0.2) is 0 Å². The smallest absolute Gasteiger partial charge is 0.229 e. The molecule has 1 aliphatic rings. The number of aliphatic hydroxyl groups excluding tert-OH is 1. The summed E-state index contributed by atoms with van der Waals surface area (Å²) in [5, 5.41) is 8.89. The number of hydrogen-bond acceptors (Lipinski definition) is 3. The van der Waals surface area contributed by atoms with Crippen molar-refractivity contribution < 1.29 is 14.7 Å². The first-order valence-corrected chi connectivity index (χ1v) is 4.53. The summed E-state index contributed by atoms with van der Waals surface area (Å²) in [6, 6.07) is -0.188. The van der Waals surface area contributed by atoms with E-state index in [0.717, 1.165) is 0 Å². The summed E-state index contributed by atoms with van der Waals surface area (Å²) in [5.74, 6) is -0.276. The molecule has 2 atom stereocenters. The summed E-state index contributed by atoms with van der Waals surface area (Å²) in [4.78, 5) is 23.8. The van der Waals surface area contributed by atoms with E-state index in [1.807, 2.05) is 6.92 Å². The highest BCUT2D eigenvalue weighted by molar-refractivity contribution is 6.02. The van der Waals surface area contributed by atoms with Crippen molar-refractivity contribution >= 4 is 11.8 Å². The molecule has 0 saturated carbocycles. The molecule has 0 spiro atoms. The van der Waals surface area contributed by atoms with Gasteiger partial charge in [0.15, 0.2) is 0 Å². The van der Waals surface area contributed by atoms with Gasteiger partial charge in [0.05, 0.1) is 0 Å². The molecule has 0 aromatic carbocycles. The normalized spacial score (nSPS) is 22.2. The molecule has 74 valence electrons. The Labute approximate surface area is 77.5 Å². The van der Waals surface area contributed by atoms with E-state index < -0.39 is 0 Å². The fourth-order valence-corrected chi connectivity index (χ4v) is 1.46. The van der Waals surface area contributed by atoms with Crippen LogP contribution in [0.4, 0.5) is 0 Å². The third-order valence-electron chi connectivity index (χ3n) is 2.61. The van der Waals surface area contributed by atoms with Crippen molar-refractivity contribution in [3.8, 4) is 0 Å². The lowest BCUT2D eigenvalue weighted by atomic mass is 10.0. The van der Waals surface area contributed by atoms with Crippen molar-refractivity contribution in [1.82, 2.24) is 4.90 Å². The molecule has 1 fully saturated rings. The average Bonchev–Trinajstić information content (AvgIpc) is 2.44. The Morgan fingerprint density at radius 1 is 1.31 bits per heavy atom. The third kappa shape index (κ3) is 1.88. The zero-order chi connectivity index (χ0) is 10.0. The molecule has 2 unspecified atom stereocenters. The van der Waals surface area contributed by atoms with Crippen LogP contribution >= 0.6 is 0 Å². The van der Waals surface area contributed by atoms with E-state index in [0.29, 0.717) is 12.8 Å². The van der Waals surface area contributed by atoms with Gasteiger partial charge in [-0.3, -0.25) is 14.5 Å². The molecule has 0 aliphatic carbocycles. The van der Waals surface area contributed by atoms with Gasteiger partial charge < -0.3 is 5.11 Å². The Kier molecular flexibility index (Phi) is 3.03. The fourth-order valence-electron chi connectivity index (χ4n) is 1.46. The SMILES string of the molecule is CC(CO)C(C)N1C(=O)CCC1=O. The van der Waals surface area contributed by atoms with Crippen LogP contribution in [0.3, 0.4) is 0 Å². The molecule has 0 aromatic rings. The van der Waals surface area contributed by atoms with Crippen LogP contribution in [0.25, 0.3) is 0 Å². The summed E-state index contributed by atoms with van der Waals surface area (Å²) in [5.41, 5.74) is 0. The number of carbonyl (C=O) groups is 2. The van der Waals surface area contributed by atoms with E-state index >= 15 is 0 Å². The van der Waals surface area contributed by atoms with E-state index in [2.05, 4.69) is 0 Å². The molecule has 1 N–H and O–H groups in total. The van der Waals surface area contributed by atoms with Crippen molar-refractivity contribution in [2.24, 2.45) is 5.92 Å². The van der Waals surface area contributed by atoms with Gasteiger partial charge in [0, 0.05) is 25.5 Å². The van der Waals surface area contributed by atoms with Crippen molar-refractivity contribution in [3.05, 3.63) is 0 Å². The minimum atomic E-state index is -0.188. The first-order valence-electron chi connectivity index (χ1n) is 4.53. The first-order chi connectivity index (χ1) is 6.07. The van der Waals surface area contributed by atoms with Crippen molar-refractivity contribution in [2.45, 2.75) is 32.7 Å². The lowest BCUT2D eigenvalue weighted by Gasteiger charge is -2.26. The molecule has 1 rings (SSSR count). The van der Waals surface area contributed by atoms with Crippen LogP contribution in [0.5, 0.6) is 0 Å². The molecule has 4 nitrogen and oxygen atoms in total. The monoisotopic (exact) mass is 185 g/mol. The second-order valence-corrected chi connectivity index (χ2v) is 3.56. The van der Waals surface area contributed by atoms with Crippen LogP contribution in [-0.4, -0.2) is 34.5 Å². The Balaban J connectivity index is 2.69. The lowest BCUT2D eigenvalue weighted by molar-refractivity contribution is -0.142. The number of carbonyl (C=O) groups excluding carboxylic acids is 2. The maximum Gasteiger partial charge on any atom is 0.229 e. The summed E-state index contributed by atoms with van der Waals surface area (Å²) in [7, 11) is 0. The standard InChI is InChI=1S/C9H15NO3/c1-6(5-11)7(2)10-8(12)3-4-9(10)13/h6-7,11H,3-5H2,1-2H3. The quantitative estimate of drug-likeness (QED) is 0.637. The van der Waals surface area contributed by atoms with Gasteiger partial charge in [0.25, 0.3) is 0 Å². The molecule has 0 aromatic heterocycles. The second kappa shape index (κ2) is 3.87. The largest absolute Gasteiger partial charge is 0.396 e. The van der Waals surface area contributed by atoms with Crippen LogP contribution < -0.4 is 0 Å². The van der Waals surface area contributed by atoms with E-state index in [-0.39, 0.29) is 30.4 Å². The Morgan fingerprint density at radius 3 is 2.15 bits per heavy atom. The number of hydrogen-bond donors (Lipinski definition) is 1. The van der Waals surface area contributed by atoms with Gasteiger partial charge in [-0.2, -0.15) is 0 Å². The van der Waals surface area contributed by atoms with Gasteiger partial charge in [-0.05, 0) is 12.8 Å². The molecular formula is C9H15NO3. The predicted octanol–water partition coefficient (Wildman–Crippen LogP) is 0.152. The van der Waals surface area contributed by atoms with Gasteiger partial charge in [0.2, 0.25) is 11.8 Å². The Bertz CT molecular complexity index is 211. The van der Waals surface area contributed by atoms with Crippen LogP contribution in [0.1, 0.15) is 26.7 Å². The van der Waals surface area contributed by atoms with Crippen LogP contribution in [0.2, 0.25) is 0 Å². The zero-order valence-electron chi connectivity index (χ0n) is 7.99. The van der Waals surface area contributed by atoms with Crippen LogP contribution in [0, 0.1) is 5.92 Å². The zero-order valence-corrected chi connectivity index (χ0v) is 7.99. The highest BCUT2D eigenvalue weighted by Gasteiger charge is 2.34. The van der Waals surface area contributed by atoms with Gasteiger partial charge >= 0.3 is 0 Å². The molecule has 2 amide bonds. The fraction of sp³-hybridized carbons (Fsp3) is 0.778. The van der Waals surface area contributed by atoms with E-state index in [9.17, 15) is 9.59 Å². The maximum atomic E-state index is 11.3. The average molecular weight is 185 g/mol.